The van der Waals surface area contributed by atoms with Gasteiger partial charge in [0.05, 0.1) is 19.8 Å². The summed E-state index contributed by atoms with van der Waals surface area (Å²) in [7, 11) is 0. The first-order valence-electron chi connectivity index (χ1n) is 8.49. The smallest absolute Gasteiger partial charge is 0.254 e. The lowest BCUT2D eigenvalue weighted by molar-refractivity contribution is 0.0707. The van der Waals surface area contributed by atoms with E-state index < -0.39 is 0 Å². The topological polar surface area (TPSA) is 71.9 Å². The molecule has 0 saturated heterocycles. The predicted octanol–water partition coefficient (Wildman–Crippen LogP) is 3.17. The van der Waals surface area contributed by atoms with E-state index in [9.17, 15) is 9.90 Å². The van der Waals surface area contributed by atoms with Crippen LogP contribution in [0.1, 0.15) is 29.8 Å². The molecule has 26 heavy (non-hydrogen) atoms. The zero-order valence-corrected chi connectivity index (χ0v) is 15.7. The minimum Gasteiger partial charge on any atom is -0.490 e. The first-order chi connectivity index (χ1) is 12.6. The monoisotopic (exact) mass is 378 g/mol. The molecule has 0 aliphatic rings. The van der Waals surface area contributed by atoms with Crippen LogP contribution < -0.4 is 9.47 Å². The summed E-state index contributed by atoms with van der Waals surface area (Å²) in [5.41, 5.74) is 1.16. The summed E-state index contributed by atoms with van der Waals surface area (Å²) >= 11 is 6.09. The molecule has 0 aliphatic heterocycles. The Labute approximate surface area is 158 Å². The van der Waals surface area contributed by atoms with Gasteiger partial charge in [0.2, 0.25) is 0 Å². The number of hydrogen-bond donors (Lipinski definition) is 1. The number of aliphatic hydroxyl groups excluding tert-OH is 1. The van der Waals surface area contributed by atoms with Gasteiger partial charge < -0.3 is 19.5 Å². The van der Waals surface area contributed by atoms with Crippen molar-refractivity contribution in [2.24, 2.45) is 0 Å². The van der Waals surface area contributed by atoms with Crippen LogP contribution in [-0.2, 0) is 6.54 Å². The number of ether oxygens (including phenoxy) is 2. The number of benzene rings is 1. The van der Waals surface area contributed by atoms with Gasteiger partial charge in [-0.25, -0.2) is 4.98 Å². The van der Waals surface area contributed by atoms with Gasteiger partial charge in [-0.15, -0.1) is 0 Å². The molecule has 140 valence electrons. The zero-order chi connectivity index (χ0) is 18.9. The van der Waals surface area contributed by atoms with Crippen LogP contribution in [0.2, 0.25) is 5.15 Å². The summed E-state index contributed by atoms with van der Waals surface area (Å²) in [6.45, 7) is 5.00. The van der Waals surface area contributed by atoms with Gasteiger partial charge in [0.15, 0.2) is 11.5 Å². The molecule has 1 aromatic heterocycles. The number of halogens is 1. The number of carbonyl (C=O) groups excluding carboxylic acids is 1. The van der Waals surface area contributed by atoms with E-state index in [2.05, 4.69) is 4.98 Å². The minimum atomic E-state index is -0.233. The van der Waals surface area contributed by atoms with E-state index in [1.165, 1.54) is 4.90 Å². The molecule has 0 radical (unpaired) electrons. The van der Waals surface area contributed by atoms with Crippen molar-refractivity contribution in [2.75, 3.05) is 26.4 Å². The Hall–Kier alpha value is -2.31. The number of amides is 1. The summed E-state index contributed by atoms with van der Waals surface area (Å²) in [6, 6.07) is 8.62. The second kappa shape index (κ2) is 9.99. The molecule has 6 nitrogen and oxygen atoms in total. The maximum Gasteiger partial charge on any atom is 0.254 e. The van der Waals surface area contributed by atoms with Gasteiger partial charge in [0.25, 0.3) is 5.91 Å². The highest BCUT2D eigenvalue weighted by atomic mass is 35.5. The van der Waals surface area contributed by atoms with E-state index in [0.717, 1.165) is 0 Å². The first kappa shape index (κ1) is 20.0. The van der Waals surface area contributed by atoms with E-state index in [1.807, 2.05) is 13.8 Å². The first-order valence-corrected chi connectivity index (χ1v) is 8.87. The molecule has 0 bridgehead atoms. The van der Waals surface area contributed by atoms with Crippen molar-refractivity contribution in [2.45, 2.75) is 20.4 Å². The number of aromatic nitrogens is 1. The normalized spacial score (nSPS) is 10.5. The Kier molecular flexibility index (Phi) is 7.69. The molecule has 0 saturated carbocycles. The molecule has 1 N–H and O–H groups in total. The maximum atomic E-state index is 12.9. The minimum absolute atomic E-state index is 0.154. The summed E-state index contributed by atoms with van der Waals surface area (Å²) in [5.74, 6) is 0.876. The maximum absolute atomic E-state index is 12.9. The van der Waals surface area contributed by atoms with E-state index in [1.54, 1.807) is 36.5 Å². The fourth-order valence-corrected chi connectivity index (χ4v) is 2.66. The lowest BCUT2D eigenvalue weighted by Gasteiger charge is -2.23. The lowest BCUT2D eigenvalue weighted by atomic mass is 10.1. The fourth-order valence-electron chi connectivity index (χ4n) is 2.48. The molecule has 0 spiro atoms. The Morgan fingerprint density at radius 3 is 2.58 bits per heavy atom. The molecular formula is C19H23ClN2O4. The number of carbonyl (C=O) groups is 1. The molecule has 0 fully saturated rings. The van der Waals surface area contributed by atoms with Crippen molar-refractivity contribution in [3.05, 3.63) is 52.8 Å². The van der Waals surface area contributed by atoms with E-state index in [-0.39, 0.29) is 25.6 Å². The molecular weight excluding hydrogens is 356 g/mol. The number of pyridine rings is 1. The summed E-state index contributed by atoms with van der Waals surface area (Å²) in [6.07, 6.45) is 1.59. The van der Waals surface area contributed by atoms with Gasteiger partial charge in [-0.1, -0.05) is 17.7 Å². The Balaban J connectivity index is 2.27. The molecule has 2 rings (SSSR count). The number of nitrogens with zero attached hydrogens (tertiary/aromatic N) is 2. The molecule has 0 unspecified atom stereocenters. The summed E-state index contributed by atoms with van der Waals surface area (Å²) in [4.78, 5) is 18.5. The van der Waals surface area contributed by atoms with Crippen molar-refractivity contribution < 1.29 is 19.4 Å². The van der Waals surface area contributed by atoms with Crippen molar-refractivity contribution >= 4 is 17.5 Å². The number of hydrogen-bond acceptors (Lipinski definition) is 5. The average Bonchev–Trinajstić information content (AvgIpc) is 2.64. The predicted molar refractivity (Wildman–Crippen MR) is 99.9 cm³/mol. The molecule has 0 aliphatic carbocycles. The Morgan fingerprint density at radius 2 is 1.92 bits per heavy atom. The molecule has 1 amide bonds. The van der Waals surface area contributed by atoms with Gasteiger partial charge in [-0.05, 0) is 38.1 Å². The van der Waals surface area contributed by atoms with Crippen LogP contribution in [0.25, 0.3) is 0 Å². The molecule has 1 heterocycles. The third-order valence-corrected chi connectivity index (χ3v) is 3.99. The van der Waals surface area contributed by atoms with Crippen LogP contribution in [0.5, 0.6) is 11.5 Å². The van der Waals surface area contributed by atoms with E-state index in [4.69, 9.17) is 21.1 Å². The fraction of sp³-hybridized carbons (Fsp3) is 0.368. The summed E-state index contributed by atoms with van der Waals surface area (Å²) in [5, 5.41) is 9.68. The largest absolute Gasteiger partial charge is 0.490 e. The van der Waals surface area contributed by atoms with Crippen LogP contribution in [-0.4, -0.2) is 47.3 Å². The third-order valence-electron chi connectivity index (χ3n) is 3.65. The van der Waals surface area contributed by atoms with Crippen molar-refractivity contribution in [1.82, 2.24) is 9.88 Å². The van der Waals surface area contributed by atoms with E-state index in [0.29, 0.717) is 41.0 Å². The van der Waals surface area contributed by atoms with Crippen molar-refractivity contribution in [1.29, 1.82) is 0 Å². The van der Waals surface area contributed by atoms with Gasteiger partial charge in [0.1, 0.15) is 5.15 Å². The third kappa shape index (κ3) is 5.09. The molecule has 7 heteroatoms. The lowest BCUT2D eigenvalue weighted by Crippen LogP contribution is -2.33. The molecule has 0 atom stereocenters. The number of aliphatic hydroxyl groups is 1. The van der Waals surface area contributed by atoms with Crippen LogP contribution in [0, 0.1) is 0 Å². The molecule has 2 aromatic rings. The Bertz CT molecular complexity index is 739. The van der Waals surface area contributed by atoms with Crippen LogP contribution >= 0.6 is 11.6 Å². The van der Waals surface area contributed by atoms with Crippen LogP contribution in [0.15, 0.2) is 36.5 Å². The van der Waals surface area contributed by atoms with Gasteiger partial charge in [-0.3, -0.25) is 4.79 Å². The second-order valence-corrected chi connectivity index (χ2v) is 5.79. The molecule has 1 aromatic carbocycles. The van der Waals surface area contributed by atoms with Gasteiger partial charge >= 0.3 is 0 Å². The SMILES string of the molecule is CCOc1ccc(C(=O)N(CCO)Cc2cccnc2Cl)cc1OCC. The highest BCUT2D eigenvalue weighted by molar-refractivity contribution is 6.30. The van der Waals surface area contributed by atoms with Crippen molar-refractivity contribution in [3.63, 3.8) is 0 Å². The Morgan fingerprint density at radius 1 is 1.19 bits per heavy atom. The second-order valence-electron chi connectivity index (χ2n) is 5.43. The van der Waals surface area contributed by atoms with Gasteiger partial charge in [-0.2, -0.15) is 0 Å². The van der Waals surface area contributed by atoms with Gasteiger partial charge in [0, 0.05) is 30.4 Å². The zero-order valence-electron chi connectivity index (χ0n) is 14.9. The van der Waals surface area contributed by atoms with E-state index >= 15 is 0 Å². The highest BCUT2D eigenvalue weighted by Gasteiger charge is 2.19. The quantitative estimate of drug-likeness (QED) is 0.678. The van der Waals surface area contributed by atoms with Crippen molar-refractivity contribution in [3.8, 4) is 11.5 Å². The van der Waals surface area contributed by atoms with Crippen LogP contribution in [0.4, 0.5) is 0 Å². The average molecular weight is 379 g/mol. The highest BCUT2D eigenvalue weighted by Crippen LogP contribution is 2.29. The van der Waals surface area contributed by atoms with Crippen LogP contribution in [0.3, 0.4) is 0 Å². The standard InChI is InChI=1S/C19H23ClN2O4/c1-3-25-16-8-7-14(12-17(16)26-4-2)19(24)22(10-11-23)13-15-6-5-9-21-18(15)20/h5-9,12,23H,3-4,10-11,13H2,1-2H3. The summed E-state index contributed by atoms with van der Waals surface area (Å²) < 4.78 is 11.1. The number of rotatable bonds is 9.